The van der Waals surface area contributed by atoms with Gasteiger partial charge in [-0.05, 0) is 18.2 Å². The normalized spacial score (nSPS) is 16.2. The predicted molar refractivity (Wildman–Crippen MR) is 82.7 cm³/mol. The lowest BCUT2D eigenvalue weighted by Crippen LogP contribution is -2.39. The van der Waals surface area contributed by atoms with Gasteiger partial charge in [0.1, 0.15) is 0 Å². The molecule has 1 saturated heterocycles. The smallest absolute Gasteiger partial charge is 0.260 e. The zero-order chi connectivity index (χ0) is 14.7. The first-order chi connectivity index (χ1) is 10.2. The van der Waals surface area contributed by atoms with E-state index in [1.807, 2.05) is 18.2 Å². The maximum absolute atomic E-state index is 12.1. The van der Waals surface area contributed by atoms with Crippen LogP contribution in [-0.2, 0) is 11.8 Å². The average molecular weight is 288 g/mol. The van der Waals surface area contributed by atoms with Gasteiger partial charge in [-0.3, -0.25) is 9.69 Å². The van der Waals surface area contributed by atoms with E-state index in [4.69, 9.17) is 4.74 Å². The van der Waals surface area contributed by atoms with Crippen molar-refractivity contribution in [3.8, 4) is 0 Å². The van der Waals surface area contributed by atoms with Crippen LogP contribution < -0.4 is 10.9 Å². The maximum atomic E-state index is 12.1. The van der Waals surface area contributed by atoms with Crippen molar-refractivity contribution in [1.82, 2.24) is 14.5 Å². The van der Waals surface area contributed by atoms with Gasteiger partial charge < -0.3 is 14.6 Å². The number of hydrogen-bond donors (Lipinski definition) is 1. The summed E-state index contributed by atoms with van der Waals surface area (Å²) in [6, 6.07) is 5.73. The third-order valence-corrected chi connectivity index (χ3v) is 3.78. The van der Waals surface area contributed by atoms with E-state index in [1.54, 1.807) is 13.4 Å². The second-order valence-electron chi connectivity index (χ2n) is 5.27. The summed E-state index contributed by atoms with van der Waals surface area (Å²) >= 11 is 0. The standard InChI is InChI=1S/C15H20N4O2/c1-18-11-17-14-3-2-12(10-13(14)15(18)20)16-4-5-19-6-8-21-9-7-19/h2-3,10-11,16H,4-9H2,1H3. The topological polar surface area (TPSA) is 59.4 Å². The van der Waals surface area contributed by atoms with Crippen molar-refractivity contribution in [2.45, 2.75) is 0 Å². The van der Waals surface area contributed by atoms with Gasteiger partial charge in [-0.15, -0.1) is 0 Å². The summed E-state index contributed by atoms with van der Waals surface area (Å²) in [7, 11) is 1.72. The Morgan fingerprint density at radius 1 is 1.33 bits per heavy atom. The molecule has 0 amide bonds. The summed E-state index contributed by atoms with van der Waals surface area (Å²) in [6.07, 6.45) is 1.55. The van der Waals surface area contributed by atoms with E-state index < -0.39 is 0 Å². The molecule has 1 aliphatic rings. The van der Waals surface area contributed by atoms with E-state index in [-0.39, 0.29) is 5.56 Å². The number of hydrogen-bond acceptors (Lipinski definition) is 5. The van der Waals surface area contributed by atoms with Gasteiger partial charge in [0, 0.05) is 38.9 Å². The molecule has 0 spiro atoms. The van der Waals surface area contributed by atoms with Crippen molar-refractivity contribution < 1.29 is 4.74 Å². The van der Waals surface area contributed by atoms with Gasteiger partial charge in [0.15, 0.2) is 0 Å². The first-order valence-corrected chi connectivity index (χ1v) is 7.23. The minimum Gasteiger partial charge on any atom is -0.384 e. The third kappa shape index (κ3) is 3.22. The lowest BCUT2D eigenvalue weighted by molar-refractivity contribution is 0.0398. The van der Waals surface area contributed by atoms with Gasteiger partial charge in [-0.1, -0.05) is 0 Å². The Hall–Kier alpha value is -1.92. The lowest BCUT2D eigenvalue weighted by atomic mass is 10.2. The van der Waals surface area contributed by atoms with E-state index in [0.29, 0.717) is 5.39 Å². The Labute approximate surface area is 123 Å². The summed E-state index contributed by atoms with van der Waals surface area (Å²) in [5.41, 5.74) is 1.68. The van der Waals surface area contributed by atoms with Gasteiger partial charge in [0.2, 0.25) is 0 Å². The molecule has 3 rings (SSSR count). The van der Waals surface area contributed by atoms with Gasteiger partial charge in [0.25, 0.3) is 5.56 Å². The molecule has 2 aromatic rings. The van der Waals surface area contributed by atoms with E-state index >= 15 is 0 Å². The van der Waals surface area contributed by atoms with Crippen molar-refractivity contribution in [1.29, 1.82) is 0 Å². The summed E-state index contributed by atoms with van der Waals surface area (Å²) < 4.78 is 6.83. The number of ether oxygens (including phenoxy) is 1. The number of morpholine rings is 1. The number of nitrogens with one attached hydrogen (secondary N) is 1. The molecule has 21 heavy (non-hydrogen) atoms. The van der Waals surface area contributed by atoms with Crippen LogP contribution in [0.1, 0.15) is 0 Å². The Morgan fingerprint density at radius 3 is 2.95 bits per heavy atom. The third-order valence-electron chi connectivity index (χ3n) is 3.78. The molecule has 6 heteroatoms. The van der Waals surface area contributed by atoms with Crippen LogP contribution in [0.25, 0.3) is 10.9 Å². The van der Waals surface area contributed by atoms with E-state index in [2.05, 4.69) is 15.2 Å². The fraction of sp³-hybridized carbons (Fsp3) is 0.467. The molecule has 0 aliphatic carbocycles. The van der Waals surface area contributed by atoms with Crippen LogP contribution in [0.5, 0.6) is 0 Å². The van der Waals surface area contributed by atoms with Crippen LogP contribution in [-0.4, -0.2) is 53.8 Å². The van der Waals surface area contributed by atoms with Crippen LogP contribution in [0, 0.1) is 0 Å². The number of aryl methyl sites for hydroxylation is 1. The molecule has 1 N–H and O–H groups in total. The first-order valence-electron chi connectivity index (χ1n) is 7.23. The van der Waals surface area contributed by atoms with Crippen molar-refractivity contribution in [3.63, 3.8) is 0 Å². The van der Waals surface area contributed by atoms with Crippen molar-refractivity contribution in [2.24, 2.45) is 7.05 Å². The number of nitrogens with zero attached hydrogens (tertiary/aromatic N) is 3. The highest BCUT2D eigenvalue weighted by Gasteiger charge is 2.09. The largest absolute Gasteiger partial charge is 0.384 e. The van der Waals surface area contributed by atoms with E-state index in [1.165, 1.54) is 4.57 Å². The zero-order valence-electron chi connectivity index (χ0n) is 12.2. The van der Waals surface area contributed by atoms with E-state index in [9.17, 15) is 4.79 Å². The van der Waals surface area contributed by atoms with Crippen LogP contribution in [0.3, 0.4) is 0 Å². The maximum Gasteiger partial charge on any atom is 0.260 e. The molecule has 1 aromatic carbocycles. The predicted octanol–water partition coefficient (Wildman–Crippen LogP) is 0.678. The average Bonchev–Trinajstić information content (AvgIpc) is 2.52. The fourth-order valence-electron chi connectivity index (χ4n) is 2.50. The van der Waals surface area contributed by atoms with E-state index in [0.717, 1.165) is 50.6 Å². The molecule has 1 fully saturated rings. The summed E-state index contributed by atoms with van der Waals surface area (Å²) in [6.45, 7) is 5.45. The summed E-state index contributed by atoms with van der Waals surface area (Å²) in [5, 5.41) is 4.02. The fourth-order valence-corrected chi connectivity index (χ4v) is 2.50. The minimum atomic E-state index is -0.0168. The molecule has 0 radical (unpaired) electrons. The molecular formula is C15H20N4O2. The lowest BCUT2D eigenvalue weighted by Gasteiger charge is -2.26. The highest BCUT2D eigenvalue weighted by Crippen LogP contribution is 2.14. The SMILES string of the molecule is Cn1cnc2ccc(NCCN3CCOCC3)cc2c1=O. The minimum absolute atomic E-state index is 0.0168. The summed E-state index contributed by atoms with van der Waals surface area (Å²) in [4.78, 5) is 18.7. The van der Waals surface area contributed by atoms with Gasteiger partial charge in [0.05, 0.1) is 30.4 Å². The van der Waals surface area contributed by atoms with Crippen LogP contribution in [0.2, 0.25) is 0 Å². The molecule has 2 heterocycles. The Balaban J connectivity index is 1.66. The van der Waals surface area contributed by atoms with Crippen LogP contribution in [0.4, 0.5) is 5.69 Å². The highest BCUT2D eigenvalue weighted by molar-refractivity contribution is 5.81. The van der Waals surface area contributed by atoms with Gasteiger partial charge in [-0.2, -0.15) is 0 Å². The molecule has 0 saturated carbocycles. The highest BCUT2D eigenvalue weighted by atomic mass is 16.5. The second kappa shape index (κ2) is 6.24. The number of anilines is 1. The molecular weight excluding hydrogens is 268 g/mol. The number of benzene rings is 1. The van der Waals surface area contributed by atoms with Crippen molar-refractivity contribution in [3.05, 3.63) is 34.9 Å². The number of aromatic nitrogens is 2. The van der Waals surface area contributed by atoms with Crippen molar-refractivity contribution >= 4 is 16.6 Å². The molecule has 1 aromatic heterocycles. The quantitative estimate of drug-likeness (QED) is 0.896. The van der Waals surface area contributed by atoms with Gasteiger partial charge in [-0.25, -0.2) is 4.98 Å². The Kier molecular flexibility index (Phi) is 4.17. The molecule has 6 nitrogen and oxygen atoms in total. The Morgan fingerprint density at radius 2 is 2.14 bits per heavy atom. The molecule has 0 bridgehead atoms. The van der Waals surface area contributed by atoms with Crippen LogP contribution >= 0.6 is 0 Å². The van der Waals surface area contributed by atoms with Crippen molar-refractivity contribution in [2.75, 3.05) is 44.7 Å². The summed E-state index contributed by atoms with van der Waals surface area (Å²) in [5.74, 6) is 0. The number of rotatable bonds is 4. The van der Waals surface area contributed by atoms with Gasteiger partial charge >= 0.3 is 0 Å². The Bertz CT molecular complexity index is 677. The zero-order valence-corrected chi connectivity index (χ0v) is 12.2. The number of fused-ring (bicyclic) bond motifs is 1. The molecule has 0 atom stereocenters. The second-order valence-corrected chi connectivity index (χ2v) is 5.27. The molecule has 0 unspecified atom stereocenters. The van der Waals surface area contributed by atoms with Crippen LogP contribution in [0.15, 0.2) is 29.3 Å². The first kappa shape index (κ1) is 14.0. The monoisotopic (exact) mass is 288 g/mol. The molecule has 112 valence electrons. The molecule has 1 aliphatic heterocycles.